The number of halogens is 1. The second kappa shape index (κ2) is 11.6. The van der Waals surface area contributed by atoms with Gasteiger partial charge in [-0.15, -0.1) is 11.8 Å². The molecule has 1 unspecified atom stereocenters. The third-order valence-electron chi connectivity index (χ3n) is 4.97. The number of anilines is 2. The number of unbranched alkanes of at least 4 members (excludes halogenated alkanes) is 1. The average Bonchev–Trinajstić information content (AvgIpc) is 2.80. The quantitative estimate of drug-likeness (QED) is 0.306. The van der Waals surface area contributed by atoms with Crippen LogP contribution in [0.4, 0.5) is 11.4 Å². The lowest BCUT2D eigenvalue weighted by atomic mass is 10.1. The number of nitrogens with one attached hydrogen (secondary N) is 2. The summed E-state index contributed by atoms with van der Waals surface area (Å²) in [7, 11) is -3.73. The van der Waals surface area contributed by atoms with E-state index in [9.17, 15) is 13.2 Å². The molecule has 2 N–H and O–H groups in total. The number of carbonyl (C=O) groups excluding carboxylic acids is 1. The topological polar surface area (TPSA) is 75.3 Å². The van der Waals surface area contributed by atoms with Crippen LogP contribution >= 0.6 is 23.4 Å². The van der Waals surface area contributed by atoms with Crippen LogP contribution < -0.4 is 10.0 Å². The minimum absolute atomic E-state index is 0.119. The zero-order valence-electron chi connectivity index (χ0n) is 18.5. The van der Waals surface area contributed by atoms with Crippen molar-refractivity contribution in [2.24, 2.45) is 0 Å². The van der Waals surface area contributed by atoms with Gasteiger partial charge in [-0.25, -0.2) is 8.42 Å². The normalized spacial score (nSPS) is 12.2. The number of aryl methyl sites for hydroxylation is 1. The zero-order valence-corrected chi connectivity index (χ0v) is 20.9. The predicted molar refractivity (Wildman–Crippen MR) is 138 cm³/mol. The van der Waals surface area contributed by atoms with Crippen molar-refractivity contribution in [2.75, 3.05) is 10.0 Å². The molecule has 33 heavy (non-hydrogen) atoms. The Morgan fingerprint density at radius 1 is 0.970 bits per heavy atom. The second-order valence-electron chi connectivity index (χ2n) is 7.61. The fourth-order valence-electron chi connectivity index (χ4n) is 3.08. The van der Waals surface area contributed by atoms with Gasteiger partial charge in [0.1, 0.15) is 0 Å². The standard InChI is InChI=1S/C25H27ClN2O3S2/c1-3-4-7-19-10-12-21(13-11-19)28-33(30,31)22-16-14-20(15-17-22)27-25(29)18(2)32-24-9-6-5-8-23(24)26/h5-6,8-18,28H,3-4,7H2,1-2H3,(H,27,29). The first kappa shape index (κ1) is 25.1. The van der Waals surface area contributed by atoms with Gasteiger partial charge in [0.2, 0.25) is 5.91 Å². The first-order valence-electron chi connectivity index (χ1n) is 10.7. The maximum atomic E-state index is 12.7. The van der Waals surface area contributed by atoms with E-state index >= 15 is 0 Å². The lowest BCUT2D eigenvalue weighted by Gasteiger charge is -2.13. The van der Waals surface area contributed by atoms with Crippen molar-refractivity contribution in [1.29, 1.82) is 0 Å². The first-order chi connectivity index (χ1) is 15.8. The molecule has 5 nitrogen and oxygen atoms in total. The van der Waals surface area contributed by atoms with E-state index in [0.717, 1.165) is 24.2 Å². The van der Waals surface area contributed by atoms with Gasteiger partial charge in [0.05, 0.1) is 15.2 Å². The summed E-state index contributed by atoms with van der Waals surface area (Å²) in [6.45, 7) is 3.93. The number of amides is 1. The number of rotatable bonds is 10. The van der Waals surface area contributed by atoms with Crippen LogP contribution in [0.2, 0.25) is 5.02 Å². The molecular weight excluding hydrogens is 476 g/mol. The molecule has 0 fully saturated rings. The fourth-order valence-corrected chi connectivity index (χ4v) is 5.29. The van der Waals surface area contributed by atoms with Gasteiger partial charge in [0.15, 0.2) is 0 Å². The summed E-state index contributed by atoms with van der Waals surface area (Å²) in [5, 5.41) is 3.03. The summed E-state index contributed by atoms with van der Waals surface area (Å²) in [5.74, 6) is -0.197. The van der Waals surface area contributed by atoms with Crippen LogP contribution in [0.5, 0.6) is 0 Å². The van der Waals surface area contributed by atoms with Crippen LogP contribution in [0.1, 0.15) is 32.3 Å². The molecule has 0 aliphatic heterocycles. The lowest BCUT2D eigenvalue weighted by molar-refractivity contribution is -0.115. The van der Waals surface area contributed by atoms with E-state index in [0.29, 0.717) is 16.4 Å². The molecule has 0 bridgehead atoms. The van der Waals surface area contributed by atoms with E-state index in [2.05, 4.69) is 17.0 Å². The maximum Gasteiger partial charge on any atom is 0.261 e. The molecule has 3 aromatic carbocycles. The van der Waals surface area contributed by atoms with Crippen LogP contribution in [0.3, 0.4) is 0 Å². The number of hydrogen-bond acceptors (Lipinski definition) is 4. The van der Waals surface area contributed by atoms with Gasteiger partial charge in [-0.2, -0.15) is 0 Å². The summed E-state index contributed by atoms with van der Waals surface area (Å²) < 4.78 is 28.0. The average molecular weight is 503 g/mol. The molecule has 3 aromatic rings. The molecule has 0 aliphatic carbocycles. The van der Waals surface area contributed by atoms with Crippen molar-refractivity contribution in [1.82, 2.24) is 0 Å². The van der Waals surface area contributed by atoms with Crippen molar-refractivity contribution in [2.45, 2.75) is 48.2 Å². The van der Waals surface area contributed by atoms with Gasteiger partial charge >= 0.3 is 0 Å². The Morgan fingerprint density at radius 2 is 1.61 bits per heavy atom. The van der Waals surface area contributed by atoms with Gasteiger partial charge in [-0.05, 0) is 73.9 Å². The molecule has 8 heteroatoms. The van der Waals surface area contributed by atoms with Gasteiger partial charge in [-0.3, -0.25) is 9.52 Å². The van der Waals surface area contributed by atoms with Crippen molar-refractivity contribution in [3.63, 3.8) is 0 Å². The summed E-state index contributed by atoms with van der Waals surface area (Å²) in [4.78, 5) is 13.5. The first-order valence-corrected chi connectivity index (χ1v) is 13.5. The Kier molecular flexibility index (Phi) is 8.83. The minimum Gasteiger partial charge on any atom is -0.325 e. The van der Waals surface area contributed by atoms with Gasteiger partial charge < -0.3 is 5.32 Å². The second-order valence-corrected chi connectivity index (χ2v) is 11.1. The highest BCUT2D eigenvalue weighted by molar-refractivity contribution is 8.00. The highest BCUT2D eigenvalue weighted by Gasteiger charge is 2.17. The van der Waals surface area contributed by atoms with Crippen LogP contribution in [0.25, 0.3) is 0 Å². The summed E-state index contributed by atoms with van der Waals surface area (Å²) >= 11 is 7.53. The third kappa shape index (κ3) is 7.25. The van der Waals surface area contributed by atoms with Gasteiger partial charge in [0, 0.05) is 16.3 Å². The van der Waals surface area contributed by atoms with Crippen molar-refractivity contribution in [3.05, 3.63) is 83.4 Å². The molecule has 0 heterocycles. The van der Waals surface area contributed by atoms with E-state index in [1.807, 2.05) is 30.3 Å². The van der Waals surface area contributed by atoms with Crippen LogP contribution in [0, 0.1) is 0 Å². The van der Waals surface area contributed by atoms with Crippen LogP contribution in [-0.4, -0.2) is 19.6 Å². The molecule has 0 saturated carbocycles. The van der Waals surface area contributed by atoms with E-state index in [4.69, 9.17) is 11.6 Å². The minimum atomic E-state index is -3.73. The van der Waals surface area contributed by atoms with Crippen molar-refractivity contribution < 1.29 is 13.2 Å². The smallest absolute Gasteiger partial charge is 0.261 e. The third-order valence-corrected chi connectivity index (χ3v) is 7.98. The SMILES string of the molecule is CCCCc1ccc(NS(=O)(=O)c2ccc(NC(=O)C(C)Sc3ccccc3Cl)cc2)cc1. The highest BCUT2D eigenvalue weighted by Crippen LogP contribution is 2.30. The summed E-state index contributed by atoms with van der Waals surface area (Å²) in [6.07, 6.45) is 3.20. The van der Waals surface area contributed by atoms with Gasteiger partial charge in [-0.1, -0.05) is 49.2 Å². The molecule has 0 spiro atoms. The molecule has 3 rings (SSSR count). The summed E-state index contributed by atoms with van der Waals surface area (Å²) in [6, 6.07) is 20.9. The van der Waals surface area contributed by atoms with E-state index in [1.165, 1.54) is 29.5 Å². The highest BCUT2D eigenvalue weighted by atomic mass is 35.5. The zero-order chi connectivity index (χ0) is 23.8. The van der Waals surface area contributed by atoms with Crippen molar-refractivity contribution >= 4 is 50.7 Å². The fraction of sp³-hybridized carbons (Fsp3) is 0.240. The van der Waals surface area contributed by atoms with Crippen LogP contribution in [-0.2, 0) is 21.2 Å². The molecule has 174 valence electrons. The van der Waals surface area contributed by atoms with Gasteiger partial charge in [0.25, 0.3) is 10.0 Å². The number of benzene rings is 3. The number of hydrogen-bond donors (Lipinski definition) is 2. The number of sulfonamides is 1. The molecule has 1 amide bonds. The largest absolute Gasteiger partial charge is 0.325 e. The monoisotopic (exact) mass is 502 g/mol. The number of thioether (sulfide) groups is 1. The Balaban J connectivity index is 1.60. The maximum absolute atomic E-state index is 12.7. The summed E-state index contributed by atoms with van der Waals surface area (Å²) in [5.41, 5.74) is 2.21. The predicted octanol–water partition coefficient (Wildman–Crippen LogP) is 6.60. The molecule has 0 aliphatic rings. The van der Waals surface area contributed by atoms with E-state index in [-0.39, 0.29) is 16.1 Å². The Bertz CT molecular complexity index is 1180. The van der Waals surface area contributed by atoms with E-state index < -0.39 is 10.0 Å². The van der Waals surface area contributed by atoms with Crippen LogP contribution in [0.15, 0.2) is 82.6 Å². The molecule has 0 radical (unpaired) electrons. The molecular formula is C25H27ClN2O3S2. The Hall–Kier alpha value is -2.48. The molecule has 1 atom stereocenters. The Labute approximate surface area is 205 Å². The molecule has 0 aromatic heterocycles. The Morgan fingerprint density at radius 3 is 2.24 bits per heavy atom. The van der Waals surface area contributed by atoms with Crippen molar-refractivity contribution in [3.8, 4) is 0 Å². The van der Waals surface area contributed by atoms with E-state index in [1.54, 1.807) is 37.3 Å². The molecule has 0 saturated heterocycles. The number of carbonyl (C=O) groups is 1. The lowest BCUT2D eigenvalue weighted by Crippen LogP contribution is -2.22.